The van der Waals surface area contributed by atoms with Crippen LogP contribution >= 0.6 is 23.4 Å². The number of carbonyl (C=O) groups is 1. The van der Waals surface area contributed by atoms with Gasteiger partial charge in [0.15, 0.2) is 5.16 Å². The van der Waals surface area contributed by atoms with Gasteiger partial charge in [-0.1, -0.05) is 23.4 Å². The average molecular weight is 342 g/mol. The van der Waals surface area contributed by atoms with Crippen molar-refractivity contribution in [3.8, 4) is 0 Å². The van der Waals surface area contributed by atoms with Gasteiger partial charge in [0.2, 0.25) is 5.91 Å². The number of halogens is 1. The van der Waals surface area contributed by atoms with Crippen molar-refractivity contribution in [1.82, 2.24) is 14.5 Å². The predicted molar refractivity (Wildman–Crippen MR) is 90.6 cm³/mol. The lowest BCUT2D eigenvalue weighted by Crippen LogP contribution is -2.29. The molecule has 2 rings (SSSR count). The molecule has 1 atom stereocenters. The lowest BCUT2D eigenvalue weighted by Gasteiger charge is -2.16. The van der Waals surface area contributed by atoms with E-state index in [2.05, 4.69) is 9.55 Å². The SMILES string of the molecule is COCCn1c(SC(C)C(=O)N(C)C)nc2cc(Cl)ccc21. The Kier molecular flexibility index (Phi) is 5.72. The van der Waals surface area contributed by atoms with Crippen molar-refractivity contribution in [3.05, 3.63) is 23.2 Å². The Labute approximate surface area is 139 Å². The Morgan fingerprint density at radius 1 is 1.50 bits per heavy atom. The van der Waals surface area contributed by atoms with Gasteiger partial charge < -0.3 is 14.2 Å². The van der Waals surface area contributed by atoms with E-state index in [0.717, 1.165) is 16.2 Å². The van der Waals surface area contributed by atoms with Gasteiger partial charge >= 0.3 is 0 Å². The molecule has 5 nitrogen and oxygen atoms in total. The minimum absolute atomic E-state index is 0.0633. The fourth-order valence-electron chi connectivity index (χ4n) is 2.14. The third-order valence-electron chi connectivity index (χ3n) is 3.26. The number of nitrogens with zero attached hydrogens (tertiary/aromatic N) is 3. The molecular formula is C15H20ClN3O2S. The highest BCUT2D eigenvalue weighted by molar-refractivity contribution is 8.00. The maximum absolute atomic E-state index is 12.1. The molecule has 7 heteroatoms. The van der Waals surface area contributed by atoms with Gasteiger partial charge in [0.05, 0.1) is 22.9 Å². The van der Waals surface area contributed by atoms with Crippen molar-refractivity contribution in [2.24, 2.45) is 0 Å². The second-order valence-electron chi connectivity index (χ2n) is 5.16. The fourth-order valence-corrected chi connectivity index (χ4v) is 3.40. The minimum atomic E-state index is -0.205. The van der Waals surface area contributed by atoms with E-state index < -0.39 is 0 Å². The summed E-state index contributed by atoms with van der Waals surface area (Å²) in [6.45, 7) is 3.15. The first-order valence-electron chi connectivity index (χ1n) is 6.96. The summed E-state index contributed by atoms with van der Waals surface area (Å²) in [5.41, 5.74) is 1.82. The fraction of sp³-hybridized carbons (Fsp3) is 0.467. The van der Waals surface area contributed by atoms with Crippen LogP contribution in [0.5, 0.6) is 0 Å². The van der Waals surface area contributed by atoms with Gasteiger partial charge in [-0.25, -0.2) is 4.98 Å². The average Bonchev–Trinajstić information content (AvgIpc) is 2.80. The Bertz CT molecular complexity index is 672. The zero-order valence-electron chi connectivity index (χ0n) is 13.2. The van der Waals surface area contributed by atoms with Gasteiger partial charge in [0.1, 0.15) is 0 Å². The maximum atomic E-state index is 12.1. The molecule has 0 aliphatic heterocycles. The van der Waals surface area contributed by atoms with Gasteiger partial charge in [0.25, 0.3) is 0 Å². The van der Waals surface area contributed by atoms with Gasteiger partial charge in [-0.05, 0) is 25.1 Å². The maximum Gasteiger partial charge on any atom is 0.235 e. The van der Waals surface area contributed by atoms with Crippen LogP contribution in [0.3, 0.4) is 0 Å². The number of methoxy groups -OCH3 is 1. The van der Waals surface area contributed by atoms with E-state index in [0.29, 0.717) is 18.2 Å². The molecule has 1 unspecified atom stereocenters. The van der Waals surface area contributed by atoms with Gasteiger partial charge in [-0.15, -0.1) is 0 Å². The van der Waals surface area contributed by atoms with Crippen molar-refractivity contribution in [2.45, 2.75) is 23.9 Å². The minimum Gasteiger partial charge on any atom is -0.383 e. The van der Waals surface area contributed by atoms with E-state index >= 15 is 0 Å². The van der Waals surface area contributed by atoms with Gasteiger partial charge in [0, 0.05) is 32.8 Å². The highest BCUT2D eigenvalue weighted by atomic mass is 35.5. The molecule has 0 saturated heterocycles. The molecule has 0 saturated carbocycles. The second-order valence-corrected chi connectivity index (χ2v) is 6.91. The molecule has 0 bridgehead atoms. The molecule has 1 aromatic heterocycles. The van der Waals surface area contributed by atoms with Crippen LogP contribution in [0.2, 0.25) is 5.02 Å². The first kappa shape index (κ1) is 17.1. The normalized spacial score (nSPS) is 12.6. The molecule has 1 amide bonds. The third-order valence-corrected chi connectivity index (χ3v) is 4.58. The molecule has 120 valence electrons. The summed E-state index contributed by atoms with van der Waals surface area (Å²) in [5, 5.41) is 1.25. The van der Waals surface area contributed by atoms with Crippen LogP contribution in [0.4, 0.5) is 0 Å². The van der Waals surface area contributed by atoms with E-state index in [1.807, 2.05) is 25.1 Å². The van der Waals surface area contributed by atoms with Crippen LogP contribution in [0.15, 0.2) is 23.4 Å². The molecule has 0 N–H and O–H groups in total. The Morgan fingerprint density at radius 3 is 2.86 bits per heavy atom. The standard InChI is InChI=1S/C15H20ClN3O2S/c1-10(14(20)18(2)3)22-15-17-12-9-11(16)5-6-13(12)19(15)7-8-21-4/h5-6,9-10H,7-8H2,1-4H3. The highest BCUT2D eigenvalue weighted by Gasteiger charge is 2.20. The van der Waals surface area contributed by atoms with Crippen LogP contribution in [0, 0.1) is 0 Å². The quantitative estimate of drug-likeness (QED) is 0.758. The number of benzene rings is 1. The van der Waals surface area contributed by atoms with Crippen molar-refractivity contribution in [1.29, 1.82) is 0 Å². The monoisotopic (exact) mass is 341 g/mol. The number of imidazole rings is 1. The molecule has 0 radical (unpaired) electrons. The first-order valence-corrected chi connectivity index (χ1v) is 8.22. The van der Waals surface area contributed by atoms with Gasteiger partial charge in [-0.2, -0.15) is 0 Å². The number of hydrogen-bond donors (Lipinski definition) is 0. The highest BCUT2D eigenvalue weighted by Crippen LogP contribution is 2.29. The molecule has 1 aromatic carbocycles. The lowest BCUT2D eigenvalue weighted by atomic mass is 10.3. The zero-order chi connectivity index (χ0) is 16.3. The number of ether oxygens (including phenoxy) is 1. The predicted octanol–water partition coefficient (Wildman–Crippen LogP) is 2.90. The van der Waals surface area contributed by atoms with Crippen molar-refractivity contribution in [2.75, 3.05) is 27.8 Å². The summed E-state index contributed by atoms with van der Waals surface area (Å²) in [5.74, 6) is 0.0633. The van der Waals surface area contributed by atoms with E-state index in [9.17, 15) is 4.79 Å². The lowest BCUT2D eigenvalue weighted by molar-refractivity contribution is -0.127. The van der Waals surface area contributed by atoms with Crippen molar-refractivity contribution < 1.29 is 9.53 Å². The Morgan fingerprint density at radius 2 is 2.23 bits per heavy atom. The second kappa shape index (κ2) is 7.35. The number of rotatable bonds is 6. The number of amides is 1. The molecule has 22 heavy (non-hydrogen) atoms. The van der Waals surface area contributed by atoms with Crippen LogP contribution < -0.4 is 0 Å². The van der Waals surface area contributed by atoms with Crippen LogP contribution in [-0.2, 0) is 16.1 Å². The summed E-state index contributed by atoms with van der Waals surface area (Å²) in [6, 6.07) is 5.63. The number of thioether (sulfide) groups is 1. The molecular weight excluding hydrogens is 322 g/mol. The van der Waals surface area contributed by atoms with Crippen molar-refractivity contribution in [3.63, 3.8) is 0 Å². The molecule has 0 spiro atoms. The van der Waals surface area contributed by atoms with Crippen LogP contribution in [0.1, 0.15) is 6.92 Å². The Hall–Kier alpha value is -1.24. The van der Waals surface area contributed by atoms with E-state index in [-0.39, 0.29) is 11.2 Å². The third kappa shape index (κ3) is 3.74. The van der Waals surface area contributed by atoms with E-state index in [1.165, 1.54) is 11.8 Å². The number of fused-ring (bicyclic) bond motifs is 1. The summed E-state index contributed by atoms with van der Waals surface area (Å²) in [7, 11) is 5.18. The number of hydrogen-bond acceptors (Lipinski definition) is 4. The number of carbonyl (C=O) groups excluding carboxylic acids is 1. The van der Waals surface area contributed by atoms with E-state index in [1.54, 1.807) is 26.1 Å². The molecule has 1 heterocycles. The largest absolute Gasteiger partial charge is 0.383 e. The first-order chi connectivity index (χ1) is 10.4. The number of aromatic nitrogens is 2. The smallest absolute Gasteiger partial charge is 0.235 e. The zero-order valence-corrected chi connectivity index (χ0v) is 14.7. The summed E-state index contributed by atoms with van der Waals surface area (Å²) >= 11 is 7.49. The topological polar surface area (TPSA) is 47.4 Å². The Balaban J connectivity index is 2.36. The molecule has 0 aliphatic carbocycles. The van der Waals surface area contributed by atoms with Gasteiger partial charge in [-0.3, -0.25) is 4.79 Å². The van der Waals surface area contributed by atoms with E-state index in [4.69, 9.17) is 16.3 Å². The molecule has 2 aromatic rings. The molecule has 0 aliphatic rings. The summed E-state index contributed by atoms with van der Waals surface area (Å²) in [6.07, 6.45) is 0. The van der Waals surface area contributed by atoms with Crippen LogP contribution in [-0.4, -0.2) is 53.4 Å². The van der Waals surface area contributed by atoms with Crippen molar-refractivity contribution >= 4 is 40.3 Å². The summed E-state index contributed by atoms with van der Waals surface area (Å²) in [4.78, 5) is 18.3. The molecule has 0 fully saturated rings. The summed E-state index contributed by atoms with van der Waals surface area (Å²) < 4.78 is 7.24. The van der Waals surface area contributed by atoms with Crippen LogP contribution in [0.25, 0.3) is 11.0 Å².